The minimum Gasteiger partial charge on any atom is -0.481 e. The Morgan fingerprint density at radius 3 is 2.38 bits per heavy atom. The van der Waals surface area contributed by atoms with Crippen molar-refractivity contribution in [3.05, 3.63) is 0 Å². The van der Waals surface area contributed by atoms with Crippen molar-refractivity contribution in [1.82, 2.24) is 4.90 Å². The van der Waals surface area contributed by atoms with Crippen LogP contribution in [-0.4, -0.2) is 35.1 Å². The van der Waals surface area contributed by atoms with E-state index < -0.39 is 11.4 Å². The highest BCUT2D eigenvalue weighted by molar-refractivity contribution is 5.76. The third kappa shape index (κ3) is 1.35. The Morgan fingerprint density at radius 2 is 2.00 bits per heavy atom. The van der Waals surface area contributed by atoms with Gasteiger partial charge in [0.25, 0.3) is 0 Å². The lowest BCUT2D eigenvalue weighted by atomic mass is 9.74. The highest BCUT2D eigenvalue weighted by Gasteiger charge is 2.49. The summed E-state index contributed by atoms with van der Waals surface area (Å²) in [5, 5.41) is 8.91. The maximum absolute atomic E-state index is 10.8. The first kappa shape index (κ1) is 9.00. The van der Waals surface area contributed by atoms with E-state index in [1.807, 2.05) is 6.92 Å². The van der Waals surface area contributed by atoms with E-state index in [-0.39, 0.29) is 0 Å². The third-order valence-corrected chi connectivity index (χ3v) is 3.49. The number of hydrogen-bond acceptors (Lipinski definition) is 2. The van der Waals surface area contributed by atoms with Crippen molar-refractivity contribution in [1.29, 1.82) is 0 Å². The third-order valence-electron chi connectivity index (χ3n) is 3.49. The molecule has 0 aromatic carbocycles. The van der Waals surface area contributed by atoms with Gasteiger partial charge < -0.3 is 5.11 Å². The largest absolute Gasteiger partial charge is 0.481 e. The fourth-order valence-electron chi connectivity index (χ4n) is 2.40. The van der Waals surface area contributed by atoms with Gasteiger partial charge in [0.05, 0.1) is 5.41 Å². The standard InChI is InChI=1S/C10H17NO2/c1-7-3-8(4-7)11-5-10(2,6-11)9(12)13/h7-8H,3-6H2,1-2H3,(H,12,13). The fourth-order valence-corrected chi connectivity index (χ4v) is 2.40. The molecule has 0 aromatic rings. The van der Waals surface area contributed by atoms with E-state index >= 15 is 0 Å². The summed E-state index contributed by atoms with van der Waals surface area (Å²) in [5.74, 6) is 0.206. The van der Waals surface area contributed by atoms with Gasteiger partial charge in [0.15, 0.2) is 0 Å². The SMILES string of the molecule is CC1CC(N2CC(C)(C(=O)O)C2)C1. The van der Waals surface area contributed by atoms with Gasteiger partial charge in [0.1, 0.15) is 0 Å². The zero-order valence-electron chi connectivity index (χ0n) is 8.29. The molecule has 1 aliphatic heterocycles. The first-order valence-corrected chi connectivity index (χ1v) is 4.99. The fraction of sp³-hybridized carbons (Fsp3) is 0.900. The topological polar surface area (TPSA) is 40.5 Å². The number of likely N-dealkylation sites (tertiary alicyclic amines) is 1. The van der Waals surface area contributed by atoms with Gasteiger partial charge in [-0.2, -0.15) is 0 Å². The van der Waals surface area contributed by atoms with Crippen LogP contribution in [0.1, 0.15) is 26.7 Å². The normalized spacial score (nSPS) is 37.7. The molecule has 2 fully saturated rings. The molecule has 2 rings (SSSR count). The van der Waals surface area contributed by atoms with Crippen LogP contribution in [0.15, 0.2) is 0 Å². The van der Waals surface area contributed by atoms with Crippen LogP contribution in [0.4, 0.5) is 0 Å². The molecule has 1 N–H and O–H groups in total. The van der Waals surface area contributed by atoms with Crippen molar-refractivity contribution in [3.8, 4) is 0 Å². The zero-order valence-corrected chi connectivity index (χ0v) is 8.29. The van der Waals surface area contributed by atoms with E-state index in [9.17, 15) is 4.79 Å². The second-order valence-electron chi connectivity index (χ2n) is 5.00. The molecule has 0 atom stereocenters. The first-order chi connectivity index (χ1) is 6.01. The summed E-state index contributed by atoms with van der Waals surface area (Å²) in [6.45, 7) is 5.60. The maximum atomic E-state index is 10.8. The second kappa shape index (κ2) is 2.71. The lowest BCUT2D eigenvalue weighted by Gasteiger charge is -2.53. The van der Waals surface area contributed by atoms with Gasteiger partial charge in [-0.15, -0.1) is 0 Å². The Balaban J connectivity index is 1.81. The molecular weight excluding hydrogens is 166 g/mol. The van der Waals surface area contributed by atoms with Crippen LogP contribution >= 0.6 is 0 Å². The highest BCUT2D eigenvalue weighted by atomic mass is 16.4. The molecule has 0 bridgehead atoms. The van der Waals surface area contributed by atoms with Crippen molar-refractivity contribution in [2.24, 2.45) is 11.3 Å². The molecule has 1 saturated carbocycles. The Bertz CT molecular complexity index is 227. The Kier molecular flexibility index (Phi) is 1.88. The van der Waals surface area contributed by atoms with E-state index in [1.165, 1.54) is 12.8 Å². The zero-order chi connectivity index (χ0) is 9.64. The Hall–Kier alpha value is -0.570. The highest BCUT2D eigenvalue weighted by Crippen LogP contribution is 2.39. The molecule has 0 amide bonds. The van der Waals surface area contributed by atoms with Crippen LogP contribution in [0.25, 0.3) is 0 Å². The lowest BCUT2D eigenvalue weighted by Crippen LogP contribution is -2.63. The predicted octanol–water partition coefficient (Wildman–Crippen LogP) is 1.19. The molecule has 1 heterocycles. The molecule has 1 aliphatic carbocycles. The Labute approximate surface area is 78.7 Å². The van der Waals surface area contributed by atoms with Crippen LogP contribution in [0.2, 0.25) is 0 Å². The molecule has 74 valence electrons. The summed E-state index contributed by atoms with van der Waals surface area (Å²) < 4.78 is 0. The quantitative estimate of drug-likeness (QED) is 0.699. The van der Waals surface area contributed by atoms with Crippen LogP contribution in [0, 0.1) is 11.3 Å². The minimum absolute atomic E-state index is 0.459. The van der Waals surface area contributed by atoms with Crippen LogP contribution < -0.4 is 0 Å². The number of rotatable bonds is 2. The number of carboxylic acid groups (broad SMARTS) is 1. The monoisotopic (exact) mass is 183 g/mol. The predicted molar refractivity (Wildman–Crippen MR) is 49.5 cm³/mol. The van der Waals surface area contributed by atoms with Crippen LogP contribution in [-0.2, 0) is 4.79 Å². The summed E-state index contributed by atoms with van der Waals surface area (Å²) >= 11 is 0. The molecule has 2 aliphatic rings. The second-order valence-corrected chi connectivity index (χ2v) is 5.00. The average molecular weight is 183 g/mol. The van der Waals surface area contributed by atoms with Crippen molar-refractivity contribution >= 4 is 5.97 Å². The van der Waals surface area contributed by atoms with Gasteiger partial charge in [0.2, 0.25) is 0 Å². The lowest BCUT2D eigenvalue weighted by molar-refractivity contribution is -0.163. The average Bonchev–Trinajstić information content (AvgIpc) is 1.92. The number of carbonyl (C=O) groups is 1. The van der Waals surface area contributed by atoms with Gasteiger partial charge in [-0.1, -0.05) is 6.92 Å². The van der Waals surface area contributed by atoms with E-state index in [1.54, 1.807) is 0 Å². The molecule has 13 heavy (non-hydrogen) atoms. The van der Waals surface area contributed by atoms with Gasteiger partial charge >= 0.3 is 5.97 Å². The first-order valence-electron chi connectivity index (χ1n) is 4.99. The molecule has 1 saturated heterocycles. The molecule has 0 spiro atoms. The number of hydrogen-bond donors (Lipinski definition) is 1. The molecule has 0 radical (unpaired) electrons. The smallest absolute Gasteiger partial charge is 0.311 e. The summed E-state index contributed by atoms with van der Waals surface area (Å²) in [6.07, 6.45) is 2.52. The number of aliphatic carboxylic acids is 1. The van der Waals surface area contributed by atoms with Crippen LogP contribution in [0.5, 0.6) is 0 Å². The van der Waals surface area contributed by atoms with Crippen molar-refractivity contribution in [3.63, 3.8) is 0 Å². The molecule has 3 heteroatoms. The summed E-state index contributed by atoms with van der Waals surface area (Å²) in [6, 6.07) is 0.683. The van der Waals surface area contributed by atoms with Gasteiger partial charge in [-0.3, -0.25) is 9.69 Å². The van der Waals surface area contributed by atoms with Crippen molar-refractivity contribution < 1.29 is 9.90 Å². The van der Waals surface area contributed by atoms with Gasteiger partial charge in [0, 0.05) is 19.1 Å². The van der Waals surface area contributed by atoms with E-state index in [4.69, 9.17) is 5.11 Å². The van der Waals surface area contributed by atoms with E-state index in [2.05, 4.69) is 11.8 Å². The van der Waals surface area contributed by atoms with E-state index in [0.717, 1.165) is 19.0 Å². The van der Waals surface area contributed by atoms with Gasteiger partial charge in [-0.05, 0) is 25.7 Å². The van der Waals surface area contributed by atoms with Crippen LogP contribution in [0.3, 0.4) is 0 Å². The molecule has 0 unspecified atom stereocenters. The summed E-state index contributed by atoms with van der Waals surface area (Å²) in [5.41, 5.74) is -0.459. The molecule has 0 aromatic heterocycles. The molecule has 3 nitrogen and oxygen atoms in total. The van der Waals surface area contributed by atoms with Gasteiger partial charge in [-0.25, -0.2) is 0 Å². The summed E-state index contributed by atoms with van der Waals surface area (Å²) in [4.78, 5) is 13.1. The van der Waals surface area contributed by atoms with E-state index in [0.29, 0.717) is 6.04 Å². The Morgan fingerprint density at radius 1 is 1.46 bits per heavy atom. The number of carboxylic acids is 1. The number of nitrogens with zero attached hydrogens (tertiary/aromatic N) is 1. The summed E-state index contributed by atoms with van der Waals surface area (Å²) in [7, 11) is 0. The maximum Gasteiger partial charge on any atom is 0.311 e. The minimum atomic E-state index is -0.642. The van der Waals surface area contributed by atoms with Crippen molar-refractivity contribution in [2.45, 2.75) is 32.7 Å². The van der Waals surface area contributed by atoms with Crippen molar-refractivity contribution in [2.75, 3.05) is 13.1 Å². The molecular formula is C10H17NO2.